The molecule has 1 aromatic rings. The molecule has 0 radical (unpaired) electrons. The summed E-state index contributed by atoms with van der Waals surface area (Å²) < 4.78 is 32.8. The van der Waals surface area contributed by atoms with Gasteiger partial charge in [0.1, 0.15) is 5.75 Å². The number of rotatable bonds is 6. The molecule has 0 aliphatic carbocycles. The zero-order valence-corrected chi connectivity index (χ0v) is 13.0. The largest absolute Gasteiger partial charge is 0.496 e. The second-order valence-electron chi connectivity index (χ2n) is 3.89. The first kappa shape index (κ1) is 15.4. The highest BCUT2D eigenvalue weighted by Gasteiger charge is 2.12. The lowest BCUT2D eigenvalue weighted by Crippen LogP contribution is -2.36. The molecule has 0 unspecified atom stereocenters. The Hall–Kier alpha value is -0.630. The van der Waals surface area contributed by atoms with Crippen LogP contribution in [0.2, 0.25) is 0 Å². The van der Waals surface area contributed by atoms with Crippen LogP contribution in [-0.4, -0.2) is 40.5 Å². The fraction of sp³-hybridized carbons (Fsp3) is 0.455. The topological polar surface area (TPSA) is 58.6 Å². The molecule has 1 rings (SSSR count). The van der Waals surface area contributed by atoms with Gasteiger partial charge in [-0.2, -0.15) is 12.7 Å². The molecule has 0 aliphatic rings. The van der Waals surface area contributed by atoms with Crippen molar-refractivity contribution in [1.29, 1.82) is 0 Å². The summed E-state index contributed by atoms with van der Waals surface area (Å²) in [4.78, 5) is 0. The van der Waals surface area contributed by atoms with E-state index < -0.39 is 10.2 Å². The molecule has 0 saturated carbocycles. The summed E-state index contributed by atoms with van der Waals surface area (Å²) in [6.45, 7) is 0.327. The second-order valence-corrected chi connectivity index (χ2v) is 6.77. The average molecular weight is 337 g/mol. The summed E-state index contributed by atoms with van der Waals surface area (Å²) in [5.41, 5.74) is 0.952. The summed E-state index contributed by atoms with van der Waals surface area (Å²) in [5.74, 6) is 0.752. The fourth-order valence-electron chi connectivity index (χ4n) is 1.39. The molecule has 7 heteroatoms. The zero-order valence-electron chi connectivity index (χ0n) is 10.6. The maximum Gasteiger partial charge on any atom is 0.278 e. The van der Waals surface area contributed by atoms with Gasteiger partial charge in [-0.15, -0.1) is 0 Å². The number of ether oxygens (including phenoxy) is 1. The Morgan fingerprint density at radius 3 is 2.61 bits per heavy atom. The maximum absolute atomic E-state index is 11.5. The van der Waals surface area contributed by atoms with Gasteiger partial charge in [0.05, 0.1) is 7.11 Å². The molecule has 0 amide bonds. The van der Waals surface area contributed by atoms with Crippen LogP contribution in [-0.2, 0) is 16.6 Å². The molecule has 1 aromatic carbocycles. The van der Waals surface area contributed by atoms with Crippen molar-refractivity contribution in [3.05, 3.63) is 28.2 Å². The SMILES string of the molecule is COc1ccc(Br)cc1CCNS(=O)(=O)N(C)C. The highest BCUT2D eigenvalue weighted by Crippen LogP contribution is 2.23. The van der Waals surface area contributed by atoms with E-state index in [4.69, 9.17) is 4.74 Å². The predicted molar refractivity (Wildman–Crippen MR) is 75.0 cm³/mol. The van der Waals surface area contributed by atoms with Crippen LogP contribution >= 0.6 is 15.9 Å². The standard InChI is InChI=1S/C11H17BrN2O3S/c1-14(2)18(15,16)13-7-6-9-8-10(12)4-5-11(9)17-3/h4-5,8,13H,6-7H2,1-3H3. The Bertz CT molecular complexity index is 503. The van der Waals surface area contributed by atoms with E-state index in [1.165, 1.54) is 14.1 Å². The molecule has 0 aromatic heterocycles. The minimum atomic E-state index is -3.37. The van der Waals surface area contributed by atoms with Gasteiger partial charge in [-0.3, -0.25) is 0 Å². The van der Waals surface area contributed by atoms with Crippen molar-refractivity contribution in [3.8, 4) is 5.75 Å². The van der Waals surface area contributed by atoms with Crippen LogP contribution in [0.15, 0.2) is 22.7 Å². The molecule has 0 heterocycles. The molecule has 0 fully saturated rings. The van der Waals surface area contributed by atoms with Crippen LogP contribution in [0, 0.1) is 0 Å². The number of hydrogen-bond acceptors (Lipinski definition) is 3. The van der Waals surface area contributed by atoms with Crippen molar-refractivity contribution < 1.29 is 13.2 Å². The van der Waals surface area contributed by atoms with Gasteiger partial charge >= 0.3 is 0 Å². The van der Waals surface area contributed by atoms with Crippen LogP contribution in [0.5, 0.6) is 5.75 Å². The molecule has 0 bridgehead atoms. The number of halogens is 1. The van der Waals surface area contributed by atoms with Crippen molar-refractivity contribution in [2.45, 2.75) is 6.42 Å². The average Bonchev–Trinajstić information content (AvgIpc) is 2.29. The minimum Gasteiger partial charge on any atom is -0.496 e. The molecule has 18 heavy (non-hydrogen) atoms. The number of methoxy groups -OCH3 is 1. The van der Waals surface area contributed by atoms with Crippen LogP contribution < -0.4 is 9.46 Å². The van der Waals surface area contributed by atoms with Gasteiger partial charge in [0.15, 0.2) is 0 Å². The normalized spacial score (nSPS) is 11.8. The van der Waals surface area contributed by atoms with Crippen molar-refractivity contribution in [2.75, 3.05) is 27.7 Å². The maximum atomic E-state index is 11.5. The summed E-state index contributed by atoms with van der Waals surface area (Å²) >= 11 is 3.38. The fourth-order valence-corrected chi connectivity index (χ4v) is 2.41. The number of nitrogens with zero attached hydrogens (tertiary/aromatic N) is 1. The number of benzene rings is 1. The highest BCUT2D eigenvalue weighted by atomic mass is 79.9. The van der Waals surface area contributed by atoms with E-state index in [1.54, 1.807) is 7.11 Å². The lowest BCUT2D eigenvalue weighted by molar-refractivity contribution is 0.409. The van der Waals surface area contributed by atoms with Crippen molar-refractivity contribution in [3.63, 3.8) is 0 Å². The molecule has 0 spiro atoms. The van der Waals surface area contributed by atoms with Gasteiger partial charge in [0.2, 0.25) is 0 Å². The van der Waals surface area contributed by atoms with Gasteiger partial charge in [-0.1, -0.05) is 15.9 Å². The van der Waals surface area contributed by atoms with Gasteiger partial charge in [-0.25, -0.2) is 4.72 Å². The Morgan fingerprint density at radius 1 is 1.39 bits per heavy atom. The summed E-state index contributed by atoms with van der Waals surface area (Å²) in [7, 11) is 1.20. The van der Waals surface area contributed by atoms with Crippen LogP contribution in [0.4, 0.5) is 0 Å². The van der Waals surface area contributed by atoms with E-state index in [0.29, 0.717) is 13.0 Å². The van der Waals surface area contributed by atoms with Crippen molar-refractivity contribution in [2.24, 2.45) is 0 Å². The van der Waals surface area contributed by atoms with Crippen molar-refractivity contribution in [1.82, 2.24) is 9.03 Å². The summed E-state index contributed by atoms with van der Waals surface area (Å²) in [6.07, 6.45) is 0.565. The monoisotopic (exact) mass is 336 g/mol. The number of hydrogen-bond donors (Lipinski definition) is 1. The van der Waals surface area contributed by atoms with E-state index in [-0.39, 0.29) is 0 Å². The summed E-state index contributed by atoms with van der Waals surface area (Å²) in [6, 6.07) is 5.65. The van der Waals surface area contributed by atoms with E-state index in [1.807, 2.05) is 18.2 Å². The predicted octanol–water partition coefficient (Wildman–Crippen LogP) is 1.40. The first-order valence-electron chi connectivity index (χ1n) is 5.36. The lowest BCUT2D eigenvalue weighted by atomic mass is 10.1. The van der Waals surface area contributed by atoms with E-state index in [9.17, 15) is 8.42 Å². The van der Waals surface area contributed by atoms with Crippen LogP contribution in [0.3, 0.4) is 0 Å². The third kappa shape index (κ3) is 4.24. The third-order valence-electron chi connectivity index (χ3n) is 2.40. The lowest BCUT2D eigenvalue weighted by Gasteiger charge is -2.13. The van der Waals surface area contributed by atoms with Crippen LogP contribution in [0.25, 0.3) is 0 Å². The third-order valence-corrected chi connectivity index (χ3v) is 4.43. The molecule has 1 N–H and O–H groups in total. The quantitative estimate of drug-likeness (QED) is 0.854. The minimum absolute atomic E-state index is 0.327. The molecule has 0 saturated heterocycles. The van der Waals surface area contributed by atoms with Crippen molar-refractivity contribution >= 4 is 26.1 Å². The van der Waals surface area contributed by atoms with Gasteiger partial charge in [-0.05, 0) is 30.2 Å². The highest BCUT2D eigenvalue weighted by molar-refractivity contribution is 9.10. The second kappa shape index (κ2) is 6.51. The first-order valence-corrected chi connectivity index (χ1v) is 7.59. The molecule has 0 atom stereocenters. The smallest absolute Gasteiger partial charge is 0.278 e. The Balaban J connectivity index is 2.67. The Kier molecular flexibility index (Phi) is 5.58. The van der Waals surface area contributed by atoms with E-state index in [2.05, 4.69) is 20.7 Å². The van der Waals surface area contributed by atoms with Gasteiger partial charge < -0.3 is 4.74 Å². The van der Waals surface area contributed by atoms with Gasteiger partial charge in [0.25, 0.3) is 10.2 Å². The Morgan fingerprint density at radius 2 is 2.06 bits per heavy atom. The first-order chi connectivity index (χ1) is 8.36. The number of nitrogens with one attached hydrogen (secondary N) is 1. The van der Waals surface area contributed by atoms with Crippen LogP contribution in [0.1, 0.15) is 5.56 Å². The molecule has 5 nitrogen and oxygen atoms in total. The molecular formula is C11H17BrN2O3S. The molecule has 0 aliphatic heterocycles. The zero-order chi connectivity index (χ0) is 13.8. The summed E-state index contributed by atoms with van der Waals surface area (Å²) in [5, 5.41) is 0. The van der Waals surface area contributed by atoms with Gasteiger partial charge in [0, 0.05) is 25.1 Å². The van der Waals surface area contributed by atoms with E-state index in [0.717, 1.165) is 20.1 Å². The molecule has 102 valence electrons. The Labute approximate surface area is 116 Å². The van der Waals surface area contributed by atoms with E-state index >= 15 is 0 Å². The molecular weight excluding hydrogens is 320 g/mol.